The molecule has 1 aliphatic rings. The third kappa shape index (κ3) is 8.23. The number of ether oxygens (including phenoxy) is 1. The van der Waals surface area contributed by atoms with Crippen LogP contribution in [-0.4, -0.2) is 50.8 Å². The van der Waals surface area contributed by atoms with Crippen LogP contribution in [0.15, 0.2) is 0 Å². The SMILES string of the molecule is CCCCCCCCN1CCCCC1CNCCOC. The van der Waals surface area contributed by atoms with Crippen molar-refractivity contribution in [2.24, 2.45) is 0 Å². The highest BCUT2D eigenvalue weighted by Crippen LogP contribution is 2.17. The molecule has 0 bridgehead atoms. The van der Waals surface area contributed by atoms with Gasteiger partial charge in [-0.2, -0.15) is 0 Å². The van der Waals surface area contributed by atoms with Gasteiger partial charge in [0.15, 0.2) is 0 Å². The summed E-state index contributed by atoms with van der Waals surface area (Å²) in [7, 11) is 1.77. The number of likely N-dealkylation sites (tertiary alicyclic amines) is 1. The smallest absolute Gasteiger partial charge is 0.0587 e. The van der Waals surface area contributed by atoms with E-state index in [0.29, 0.717) is 0 Å². The molecule has 0 amide bonds. The topological polar surface area (TPSA) is 24.5 Å². The molecule has 1 unspecified atom stereocenters. The van der Waals surface area contributed by atoms with Crippen LogP contribution in [0, 0.1) is 0 Å². The quantitative estimate of drug-likeness (QED) is 0.556. The molecule has 1 saturated heterocycles. The van der Waals surface area contributed by atoms with Gasteiger partial charge in [0.25, 0.3) is 0 Å². The number of rotatable bonds is 12. The Bertz CT molecular complexity index is 211. The highest BCUT2D eigenvalue weighted by molar-refractivity contribution is 4.78. The van der Waals surface area contributed by atoms with Gasteiger partial charge >= 0.3 is 0 Å². The summed E-state index contributed by atoms with van der Waals surface area (Å²) in [6.45, 7) is 7.85. The molecule has 0 aliphatic carbocycles. The summed E-state index contributed by atoms with van der Waals surface area (Å²) in [6, 6.07) is 0.760. The van der Waals surface area contributed by atoms with Gasteiger partial charge < -0.3 is 10.1 Å². The van der Waals surface area contributed by atoms with Crippen LogP contribution in [0.2, 0.25) is 0 Å². The van der Waals surface area contributed by atoms with Crippen molar-refractivity contribution in [3.05, 3.63) is 0 Å². The average Bonchev–Trinajstić information content (AvgIpc) is 2.48. The summed E-state index contributed by atoms with van der Waals surface area (Å²) in [5, 5.41) is 3.54. The van der Waals surface area contributed by atoms with Gasteiger partial charge in [0.2, 0.25) is 0 Å². The normalized spacial score (nSPS) is 20.4. The maximum Gasteiger partial charge on any atom is 0.0587 e. The maximum atomic E-state index is 5.09. The first-order valence-corrected chi connectivity index (χ1v) is 8.82. The van der Waals surface area contributed by atoms with Crippen molar-refractivity contribution in [2.45, 2.75) is 70.8 Å². The molecule has 1 N–H and O–H groups in total. The monoisotopic (exact) mass is 284 g/mol. The molecule has 20 heavy (non-hydrogen) atoms. The van der Waals surface area contributed by atoms with E-state index in [1.54, 1.807) is 7.11 Å². The highest BCUT2D eigenvalue weighted by atomic mass is 16.5. The molecule has 1 heterocycles. The van der Waals surface area contributed by atoms with Gasteiger partial charge in [-0.15, -0.1) is 0 Å². The van der Waals surface area contributed by atoms with Crippen LogP contribution >= 0.6 is 0 Å². The molecule has 1 rings (SSSR count). The lowest BCUT2D eigenvalue weighted by molar-refractivity contribution is 0.137. The van der Waals surface area contributed by atoms with Gasteiger partial charge in [-0.3, -0.25) is 4.90 Å². The van der Waals surface area contributed by atoms with Crippen LogP contribution in [-0.2, 0) is 4.74 Å². The number of hydrogen-bond donors (Lipinski definition) is 1. The number of hydrogen-bond acceptors (Lipinski definition) is 3. The largest absolute Gasteiger partial charge is 0.383 e. The van der Waals surface area contributed by atoms with Gasteiger partial charge in [0, 0.05) is 26.2 Å². The summed E-state index contributed by atoms with van der Waals surface area (Å²) >= 11 is 0. The molecule has 1 aliphatic heterocycles. The fraction of sp³-hybridized carbons (Fsp3) is 1.00. The Kier molecular flexibility index (Phi) is 11.3. The van der Waals surface area contributed by atoms with Gasteiger partial charge in [0.1, 0.15) is 0 Å². The first-order chi connectivity index (χ1) is 9.88. The Morgan fingerprint density at radius 2 is 1.90 bits per heavy atom. The van der Waals surface area contributed by atoms with Crippen LogP contribution in [0.5, 0.6) is 0 Å². The van der Waals surface area contributed by atoms with E-state index in [0.717, 1.165) is 25.7 Å². The van der Waals surface area contributed by atoms with E-state index < -0.39 is 0 Å². The van der Waals surface area contributed by atoms with E-state index in [-0.39, 0.29) is 0 Å². The van der Waals surface area contributed by atoms with Gasteiger partial charge in [-0.25, -0.2) is 0 Å². The van der Waals surface area contributed by atoms with Crippen molar-refractivity contribution in [3.63, 3.8) is 0 Å². The van der Waals surface area contributed by atoms with E-state index in [9.17, 15) is 0 Å². The van der Waals surface area contributed by atoms with Crippen molar-refractivity contribution in [3.8, 4) is 0 Å². The Labute approximate surface area is 126 Å². The molecule has 1 atom stereocenters. The highest BCUT2D eigenvalue weighted by Gasteiger charge is 2.21. The average molecular weight is 284 g/mol. The third-order valence-electron chi connectivity index (χ3n) is 4.41. The molecule has 0 aromatic rings. The van der Waals surface area contributed by atoms with E-state index in [1.807, 2.05) is 0 Å². The molecule has 0 radical (unpaired) electrons. The fourth-order valence-corrected chi connectivity index (χ4v) is 3.12. The zero-order chi connectivity index (χ0) is 14.5. The predicted octanol–water partition coefficient (Wildman–Crippen LogP) is 3.44. The first kappa shape index (κ1) is 17.9. The van der Waals surface area contributed by atoms with Crippen molar-refractivity contribution in [1.29, 1.82) is 0 Å². The first-order valence-electron chi connectivity index (χ1n) is 8.82. The number of methoxy groups -OCH3 is 1. The van der Waals surface area contributed by atoms with Crippen molar-refractivity contribution < 1.29 is 4.74 Å². The molecule has 0 saturated carbocycles. The van der Waals surface area contributed by atoms with Gasteiger partial charge in [-0.1, -0.05) is 45.4 Å². The number of unbranched alkanes of at least 4 members (excludes halogenated alkanes) is 5. The zero-order valence-electron chi connectivity index (χ0n) is 13.8. The fourth-order valence-electron chi connectivity index (χ4n) is 3.12. The lowest BCUT2D eigenvalue weighted by atomic mass is 10.0. The minimum Gasteiger partial charge on any atom is -0.383 e. The summed E-state index contributed by atoms with van der Waals surface area (Å²) in [5.74, 6) is 0. The van der Waals surface area contributed by atoms with E-state index in [4.69, 9.17) is 4.74 Å². The number of nitrogens with zero attached hydrogens (tertiary/aromatic N) is 1. The maximum absolute atomic E-state index is 5.09. The van der Waals surface area contributed by atoms with E-state index >= 15 is 0 Å². The number of nitrogens with one attached hydrogen (secondary N) is 1. The second-order valence-corrected chi connectivity index (χ2v) is 6.15. The molecule has 0 aromatic carbocycles. The van der Waals surface area contributed by atoms with Crippen LogP contribution in [0.1, 0.15) is 64.7 Å². The van der Waals surface area contributed by atoms with Crippen LogP contribution in [0.25, 0.3) is 0 Å². The van der Waals surface area contributed by atoms with Crippen LogP contribution in [0.3, 0.4) is 0 Å². The lowest BCUT2D eigenvalue weighted by Gasteiger charge is -2.36. The molecule has 3 heteroatoms. The molecule has 1 fully saturated rings. The summed E-state index contributed by atoms with van der Waals surface area (Å²) in [4.78, 5) is 2.73. The van der Waals surface area contributed by atoms with Crippen molar-refractivity contribution in [1.82, 2.24) is 10.2 Å². The minimum absolute atomic E-state index is 0.760. The lowest BCUT2D eigenvalue weighted by Crippen LogP contribution is -2.46. The zero-order valence-corrected chi connectivity index (χ0v) is 13.8. The second kappa shape index (κ2) is 12.6. The molecule has 0 spiro atoms. The Morgan fingerprint density at radius 1 is 1.10 bits per heavy atom. The van der Waals surface area contributed by atoms with Crippen molar-refractivity contribution in [2.75, 3.05) is 39.9 Å². The van der Waals surface area contributed by atoms with Crippen LogP contribution < -0.4 is 5.32 Å². The standard InChI is InChI=1S/C17H36N2O/c1-3-4-5-6-7-9-13-19-14-10-8-11-17(19)16-18-12-15-20-2/h17-18H,3-16H2,1-2H3. The van der Waals surface area contributed by atoms with Crippen molar-refractivity contribution >= 4 is 0 Å². The molecular formula is C17H36N2O. The Hall–Kier alpha value is -0.120. The third-order valence-corrected chi connectivity index (χ3v) is 4.41. The molecule has 0 aromatic heterocycles. The van der Waals surface area contributed by atoms with E-state index in [2.05, 4.69) is 17.1 Å². The molecular weight excluding hydrogens is 248 g/mol. The summed E-state index contributed by atoms with van der Waals surface area (Å²) in [5.41, 5.74) is 0. The summed E-state index contributed by atoms with van der Waals surface area (Å²) in [6.07, 6.45) is 12.6. The Morgan fingerprint density at radius 3 is 2.70 bits per heavy atom. The van der Waals surface area contributed by atoms with E-state index in [1.165, 1.54) is 70.9 Å². The Balaban J connectivity index is 2.09. The minimum atomic E-state index is 0.760. The predicted molar refractivity (Wildman–Crippen MR) is 87.3 cm³/mol. The molecule has 120 valence electrons. The number of piperidine rings is 1. The summed E-state index contributed by atoms with van der Waals surface area (Å²) < 4.78 is 5.09. The molecule has 3 nitrogen and oxygen atoms in total. The van der Waals surface area contributed by atoms with Crippen LogP contribution in [0.4, 0.5) is 0 Å². The second-order valence-electron chi connectivity index (χ2n) is 6.15. The van der Waals surface area contributed by atoms with Gasteiger partial charge in [0.05, 0.1) is 6.61 Å². The van der Waals surface area contributed by atoms with Gasteiger partial charge in [-0.05, 0) is 32.4 Å².